The van der Waals surface area contributed by atoms with Crippen LogP contribution in [0.5, 0.6) is 0 Å². The van der Waals surface area contributed by atoms with Gasteiger partial charge in [-0.1, -0.05) is 37.1 Å². The zero-order chi connectivity index (χ0) is 17.5. The highest BCUT2D eigenvalue weighted by atomic mass is 35.5. The van der Waals surface area contributed by atoms with Crippen molar-refractivity contribution in [1.29, 1.82) is 0 Å². The van der Waals surface area contributed by atoms with Gasteiger partial charge in [-0.2, -0.15) is 5.10 Å². The van der Waals surface area contributed by atoms with Crippen molar-refractivity contribution in [2.24, 2.45) is 10.8 Å². The molecular weight excluding hydrogens is 326 g/mol. The van der Waals surface area contributed by atoms with E-state index in [1.165, 1.54) is 24.3 Å². The third-order valence-corrected chi connectivity index (χ3v) is 3.64. The Bertz CT molecular complexity index is 753. The SMILES string of the molecule is CCC/C(=N/NC(=O)c1ccc(C(N)=O)cc1)c1ccc(Cl)cc1. The Morgan fingerprint density at radius 1 is 1.00 bits per heavy atom. The molecule has 2 aromatic carbocycles. The van der Waals surface area contributed by atoms with Gasteiger partial charge in [-0.15, -0.1) is 0 Å². The zero-order valence-electron chi connectivity index (χ0n) is 13.3. The number of carbonyl (C=O) groups is 2. The average molecular weight is 344 g/mol. The molecule has 0 atom stereocenters. The third-order valence-electron chi connectivity index (χ3n) is 3.39. The first-order chi connectivity index (χ1) is 11.5. The number of rotatable bonds is 6. The van der Waals surface area contributed by atoms with Crippen LogP contribution in [0.4, 0.5) is 0 Å². The number of nitrogens with one attached hydrogen (secondary N) is 1. The van der Waals surface area contributed by atoms with E-state index >= 15 is 0 Å². The van der Waals surface area contributed by atoms with Crippen molar-refractivity contribution in [3.8, 4) is 0 Å². The Labute approximate surface area is 145 Å². The molecular formula is C18H18ClN3O2. The van der Waals surface area contributed by atoms with Crippen LogP contribution in [0, 0.1) is 0 Å². The van der Waals surface area contributed by atoms with E-state index in [1.807, 2.05) is 19.1 Å². The summed E-state index contributed by atoms with van der Waals surface area (Å²) < 4.78 is 0. The molecule has 0 saturated carbocycles. The molecule has 2 amide bonds. The summed E-state index contributed by atoms with van der Waals surface area (Å²) in [5.74, 6) is -0.887. The number of nitrogens with two attached hydrogens (primary N) is 1. The fourth-order valence-electron chi connectivity index (χ4n) is 2.11. The van der Waals surface area contributed by atoms with E-state index in [0.29, 0.717) is 16.1 Å². The predicted octanol–water partition coefficient (Wildman–Crippen LogP) is 3.37. The summed E-state index contributed by atoms with van der Waals surface area (Å²) in [7, 11) is 0. The first-order valence-electron chi connectivity index (χ1n) is 7.54. The summed E-state index contributed by atoms with van der Waals surface area (Å²) >= 11 is 5.89. The quantitative estimate of drug-likeness (QED) is 0.622. The van der Waals surface area contributed by atoms with Crippen LogP contribution in [0.1, 0.15) is 46.0 Å². The lowest BCUT2D eigenvalue weighted by molar-refractivity contribution is 0.0952. The van der Waals surface area contributed by atoms with Gasteiger partial charge in [0.2, 0.25) is 5.91 Å². The zero-order valence-corrected chi connectivity index (χ0v) is 14.0. The second kappa shape index (κ2) is 8.26. The lowest BCUT2D eigenvalue weighted by Gasteiger charge is -2.07. The van der Waals surface area contributed by atoms with Gasteiger partial charge in [0.15, 0.2) is 0 Å². The van der Waals surface area contributed by atoms with E-state index in [2.05, 4.69) is 10.5 Å². The minimum absolute atomic E-state index is 0.350. The number of nitrogens with zero attached hydrogens (tertiary/aromatic N) is 1. The van der Waals surface area contributed by atoms with Gasteiger partial charge in [-0.25, -0.2) is 5.43 Å². The number of amides is 2. The van der Waals surface area contributed by atoms with E-state index in [-0.39, 0.29) is 5.91 Å². The van der Waals surface area contributed by atoms with Gasteiger partial charge in [-0.3, -0.25) is 9.59 Å². The number of benzene rings is 2. The Morgan fingerprint density at radius 3 is 2.08 bits per heavy atom. The van der Waals surface area contributed by atoms with Gasteiger partial charge >= 0.3 is 0 Å². The summed E-state index contributed by atoms with van der Waals surface area (Å²) in [6.45, 7) is 2.04. The monoisotopic (exact) mass is 343 g/mol. The molecule has 0 radical (unpaired) electrons. The molecule has 124 valence electrons. The molecule has 24 heavy (non-hydrogen) atoms. The fraction of sp³-hybridized carbons (Fsp3) is 0.167. The smallest absolute Gasteiger partial charge is 0.271 e. The van der Waals surface area contributed by atoms with Crippen molar-refractivity contribution in [2.45, 2.75) is 19.8 Å². The van der Waals surface area contributed by atoms with Crippen LogP contribution < -0.4 is 11.2 Å². The summed E-state index contributed by atoms with van der Waals surface area (Å²) in [6, 6.07) is 13.4. The number of hydrazone groups is 1. The molecule has 0 fully saturated rings. The average Bonchev–Trinajstić information content (AvgIpc) is 2.59. The van der Waals surface area contributed by atoms with E-state index < -0.39 is 5.91 Å². The van der Waals surface area contributed by atoms with Gasteiger partial charge in [0.1, 0.15) is 0 Å². The van der Waals surface area contributed by atoms with Crippen molar-refractivity contribution in [1.82, 2.24) is 5.43 Å². The second-order valence-electron chi connectivity index (χ2n) is 5.20. The molecule has 0 unspecified atom stereocenters. The van der Waals surface area contributed by atoms with Crippen LogP contribution in [0.15, 0.2) is 53.6 Å². The molecule has 5 nitrogen and oxygen atoms in total. The summed E-state index contributed by atoms with van der Waals surface area (Å²) in [5.41, 5.74) is 10.2. The molecule has 6 heteroatoms. The van der Waals surface area contributed by atoms with Crippen molar-refractivity contribution in [3.05, 3.63) is 70.2 Å². The molecule has 2 rings (SSSR count). The number of halogens is 1. The molecule has 0 aromatic heterocycles. The maximum absolute atomic E-state index is 12.2. The van der Waals surface area contributed by atoms with Crippen molar-refractivity contribution >= 4 is 29.1 Å². The topological polar surface area (TPSA) is 84.6 Å². The minimum Gasteiger partial charge on any atom is -0.366 e. The van der Waals surface area contributed by atoms with Crippen LogP contribution in [0.3, 0.4) is 0 Å². The normalized spacial score (nSPS) is 11.2. The van der Waals surface area contributed by atoms with E-state index in [4.69, 9.17) is 17.3 Å². The Kier molecular flexibility index (Phi) is 6.09. The van der Waals surface area contributed by atoms with Gasteiger partial charge < -0.3 is 5.73 Å². The Hall–Kier alpha value is -2.66. The highest BCUT2D eigenvalue weighted by molar-refractivity contribution is 6.30. The molecule has 0 spiro atoms. The summed E-state index contributed by atoms with van der Waals surface area (Å²) in [5, 5.41) is 4.88. The minimum atomic E-state index is -0.534. The summed E-state index contributed by atoms with van der Waals surface area (Å²) in [4.78, 5) is 23.2. The predicted molar refractivity (Wildman–Crippen MR) is 95.3 cm³/mol. The van der Waals surface area contributed by atoms with E-state index in [0.717, 1.165) is 24.1 Å². The number of hydrogen-bond donors (Lipinski definition) is 2. The van der Waals surface area contributed by atoms with Crippen LogP contribution in [0.2, 0.25) is 5.02 Å². The maximum Gasteiger partial charge on any atom is 0.271 e. The molecule has 0 heterocycles. The number of carbonyl (C=O) groups excluding carboxylic acids is 2. The first-order valence-corrected chi connectivity index (χ1v) is 7.91. The Balaban J connectivity index is 2.14. The van der Waals surface area contributed by atoms with Crippen molar-refractivity contribution in [3.63, 3.8) is 0 Å². The van der Waals surface area contributed by atoms with Crippen LogP contribution >= 0.6 is 11.6 Å². The molecule has 0 aliphatic rings. The lowest BCUT2D eigenvalue weighted by Crippen LogP contribution is -2.20. The van der Waals surface area contributed by atoms with Crippen LogP contribution in [-0.4, -0.2) is 17.5 Å². The number of hydrogen-bond acceptors (Lipinski definition) is 3. The standard InChI is InChI=1S/C18H18ClN3O2/c1-2-3-16(12-8-10-15(19)11-9-12)21-22-18(24)14-6-4-13(5-7-14)17(20)23/h4-11H,2-3H2,1H3,(H2,20,23)(H,22,24)/b21-16-. The molecule has 0 aliphatic carbocycles. The molecule has 3 N–H and O–H groups in total. The maximum atomic E-state index is 12.2. The Morgan fingerprint density at radius 2 is 1.54 bits per heavy atom. The molecule has 0 aliphatic heterocycles. The summed E-state index contributed by atoms with van der Waals surface area (Å²) in [6.07, 6.45) is 1.62. The fourth-order valence-corrected chi connectivity index (χ4v) is 2.24. The van der Waals surface area contributed by atoms with E-state index in [1.54, 1.807) is 12.1 Å². The van der Waals surface area contributed by atoms with Gasteiger partial charge in [0, 0.05) is 16.1 Å². The third kappa shape index (κ3) is 4.67. The molecule has 0 saturated heterocycles. The van der Waals surface area contributed by atoms with Crippen molar-refractivity contribution in [2.75, 3.05) is 0 Å². The van der Waals surface area contributed by atoms with E-state index in [9.17, 15) is 9.59 Å². The van der Waals surface area contributed by atoms with Crippen LogP contribution in [-0.2, 0) is 0 Å². The largest absolute Gasteiger partial charge is 0.366 e. The highest BCUT2D eigenvalue weighted by Crippen LogP contribution is 2.12. The molecule has 0 bridgehead atoms. The first kappa shape index (κ1) is 17.7. The van der Waals surface area contributed by atoms with Gasteiger partial charge in [-0.05, 0) is 48.4 Å². The lowest BCUT2D eigenvalue weighted by atomic mass is 10.1. The van der Waals surface area contributed by atoms with Crippen molar-refractivity contribution < 1.29 is 9.59 Å². The van der Waals surface area contributed by atoms with Gasteiger partial charge in [0.25, 0.3) is 5.91 Å². The molecule has 2 aromatic rings. The second-order valence-corrected chi connectivity index (χ2v) is 5.63. The van der Waals surface area contributed by atoms with Crippen LogP contribution in [0.25, 0.3) is 0 Å². The number of primary amides is 1. The van der Waals surface area contributed by atoms with Gasteiger partial charge in [0.05, 0.1) is 5.71 Å². The highest BCUT2D eigenvalue weighted by Gasteiger charge is 2.08.